The second-order valence-electron chi connectivity index (χ2n) is 5.12. The van der Waals surface area contributed by atoms with Crippen LogP contribution in [0.3, 0.4) is 0 Å². The van der Waals surface area contributed by atoms with Crippen molar-refractivity contribution in [3.8, 4) is 0 Å². The fraction of sp³-hybridized carbons (Fsp3) is 0.667. The Morgan fingerprint density at radius 1 is 1.35 bits per heavy atom. The molecule has 4 nitrogen and oxygen atoms in total. The zero-order valence-electron chi connectivity index (χ0n) is 9.72. The summed E-state index contributed by atoms with van der Waals surface area (Å²) in [6.45, 7) is 2.03. The van der Waals surface area contributed by atoms with Crippen molar-refractivity contribution < 1.29 is 0 Å². The van der Waals surface area contributed by atoms with E-state index in [1.807, 2.05) is 0 Å². The molecule has 1 aliphatic carbocycles. The van der Waals surface area contributed by atoms with Crippen molar-refractivity contribution in [2.75, 3.05) is 18.0 Å². The molecular formula is C12H17ClN4. The Kier molecular flexibility index (Phi) is 2.92. The quantitative estimate of drug-likeness (QED) is 0.827. The van der Waals surface area contributed by atoms with E-state index in [9.17, 15) is 0 Å². The van der Waals surface area contributed by atoms with Gasteiger partial charge in [0.25, 0.3) is 0 Å². The van der Waals surface area contributed by atoms with Gasteiger partial charge in [-0.1, -0.05) is 18.0 Å². The van der Waals surface area contributed by atoms with E-state index in [2.05, 4.69) is 14.9 Å². The second kappa shape index (κ2) is 4.42. The molecule has 2 fully saturated rings. The summed E-state index contributed by atoms with van der Waals surface area (Å²) in [7, 11) is 0. The van der Waals surface area contributed by atoms with Crippen LogP contribution in [0, 0.1) is 11.8 Å². The van der Waals surface area contributed by atoms with Crippen molar-refractivity contribution in [3.63, 3.8) is 0 Å². The number of aromatic nitrogens is 2. The van der Waals surface area contributed by atoms with Gasteiger partial charge in [0.1, 0.15) is 11.3 Å². The molecular weight excluding hydrogens is 236 g/mol. The smallest absolute Gasteiger partial charge is 0.150 e. The van der Waals surface area contributed by atoms with E-state index < -0.39 is 0 Å². The highest BCUT2D eigenvalue weighted by Crippen LogP contribution is 2.38. The predicted molar refractivity (Wildman–Crippen MR) is 68.1 cm³/mol. The highest BCUT2D eigenvalue weighted by atomic mass is 35.5. The number of nitrogens with zero attached hydrogens (tertiary/aromatic N) is 3. The monoisotopic (exact) mass is 252 g/mol. The van der Waals surface area contributed by atoms with Gasteiger partial charge in [0.2, 0.25) is 0 Å². The summed E-state index contributed by atoms with van der Waals surface area (Å²) in [5, 5.41) is 0.639. The summed E-state index contributed by atoms with van der Waals surface area (Å²) in [6, 6.07) is 0.347. The number of nitrogens with two attached hydrogens (primary N) is 1. The molecule has 92 valence electrons. The molecule has 17 heavy (non-hydrogen) atoms. The van der Waals surface area contributed by atoms with Gasteiger partial charge in [-0.05, 0) is 24.7 Å². The summed E-state index contributed by atoms with van der Waals surface area (Å²) in [5.74, 6) is 2.18. The number of anilines is 1. The average molecular weight is 253 g/mol. The minimum Gasteiger partial charge on any atom is -0.355 e. The van der Waals surface area contributed by atoms with Crippen LogP contribution in [0.1, 0.15) is 19.3 Å². The Morgan fingerprint density at radius 3 is 3.00 bits per heavy atom. The van der Waals surface area contributed by atoms with Crippen LogP contribution in [0.4, 0.5) is 5.82 Å². The molecule has 3 unspecified atom stereocenters. The van der Waals surface area contributed by atoms with E-state index in [1.54, 1.807) is 12.5 Å². The Labute approximate surface area is 106 Å². The van der Waals surface area contributed by atoms with Crippen LogP contribution in [0.15, 0.2) is 12.5 Å². The van der Waals surface area contributed by atoms with Crippen LogP contribution in [-0.2, 0) is 0 Å². The van der Waals surface area contributed by atoms with Crippen LogP contribution >= 0.6 is 11.6 Å². The van der Waals surface area contributed by atoms with Crippen molar-refractivity contribution in [2.24, 2.45) is 17.6 Å². The Balaban J connectivity index is 1.81. The van der Waals surface area contributed by atoms with Gasteiger partial charge in [0.15, 0.2) is 5.82 Å². The molecule has 1 aromatic heterocycles. The fourth-order valence-electron chi connectivity index (χ4n) is 3.23. The summed E-state index contributed by atoms with van der Waals surface area (Å²) in [5.41, 5.74) is 6.21. The molecule has 1 aromatic rings. The highest BCUT2D eigenvalue weighted by molar-refractivity contribution is 6.32. The lowest BCUT2D eigenvalue weighted by Gasteiger charge is -2.29. The van der Waals surface area contributed by atoms with E-state index in [0.29, 0.717) is 22.9 Å². The third kappa shape index (κ3) is 2.00. The maximum Gasteiger partial charge on any atom is 0.150 e. The van der Waals surface area contributed by atoms with Gasteiger partial charge in [-0.15, -0.1) is 0 Å². The summed E-state index contributed by atoms with van der Waals surface area (Å²) < 4.78 is 0. The van der Waals surface area contributed by atoms with Crippen molar-refractivity contribution in [2.45, 2.75) is 25.3 Å². The van der Waals surface area contributed by atoms with Crippen molar-refractivity contribution >= 4 is 17.4 Å². The minimum absolute atomic E-state index is 0.347. The van der Waals surface area contributed by atoms with E-state index in [0.717, 1.165) is 25.3 Å². The van der Waals surface area contributed by atoms with Gasteiger partial charge >= 0.3 is 0 Å². The van der Waals surface area contributed by atoms with E-state index in [1.165, 1.54) is 12.8 Å². The van der Waals surface area contributed by atoms with Crippen LogP contribution in [-0.4, -0.2) is 29.1 Å². The van der Waals surface area contributed by atoms with Crippen molar-refractivity contribution in [3.05, 3.63) is 17.5 Å². The molecule has 5 heteroatoms. The molecule has 2 N–H and O–H groups in total. The van der Waals surface area contributed by atoms with Gasteiger partial charge in [-0.25, -0.2) is 9.97 Å². The molecule has 0 radical (unpaired) electrons. The molecule has 1 saturated heterocycles. The zero-order chi connectivity index (χ0) is 11.8. The summed E-state index contributed by atoms with van der Waals surface area (Å²) >= 11 is 6.14. The molecule has 2 heterocycles. The lowest BCUT2D eigenvalue weighted by atomic mass is 9.78. The van der Waals surface area contributed by atoms with Crippen LogP contribution in [0.25, 0.3) is 0 Å². The van der Waals surface area contributed by atoms with Crippen LogP contribution in [0.5, 0.6) is 0 Å². The Hall–Kier alpha value is -0.870. The number of hydrogen-bond acceptors (Lipinski definition) is 4. The molecule has 1 aliphatic heterocycles. The molecule has 3 atom stereocenters. The largest absolute Gasteiger partial charge is 0.355 e. The van der Waals surface area contributed by atoms with E-state index in [-0.39, 0.29) is 0 Å². The van der Waals surface area contributed by atoms with Gasteiger partial charge < -0.3 is 10.6 Å². The Morgan fingerprint density at radius 2 is 2.24 bits per heavy atom. The summed E-state index contributed by atoms with van der Waals surface area (Å²) in [4.78, 5) is 10.5. The average Bonchev–Trinajstić information content (AvgIpc) is 2.75. The lowest BCUT2D eigenvalue weighted by Crippen LogP contribution is -2.38. The summed E-state index contributed by atoms with van der Waals surface area (Å²) in [6.07, 6.45) is 6.92. The van der Waals surface area contributed by atoms with Gasteiger partial charge in [0.05, 0.1) is 6.20 Å². The van der Waals surface area contributed by atoms with Gasteiger partial charge in [0, 0.05) is 19.1 Å². The normalized spacial score (nSPS) is 32.6. The fourth-order valence-corrected chi connectivity index (χ4v) is 3.45. The highest BCUT2D eigenvalue weighted by Gasteiger charge is 2.39. The predicted octanol–water partition coefficient (Wildman–Crippen LogP) is 1.69. The maximum absolute atomic E-state index is 6.21. The number of rotatable bonds is 1. The first-order chi connectivity index (χ1) is 8.25. The third-order valence-corrected chi connectivity index (χ3v) is 4.37. The van der Waals surface area contributed by atoms with Gasteiger partial charge in [-0.2, -0.15) is 0 Å². The number of halogens is 1. The number of fused-ring (bicyclic) bond motifs is 1. The van der Waals surface area contributed by atoms with Crippen molar-refractivity contribution in [1.82, 2.24) is 9.97 Å². The number of hydrogen-bond donors (Lipinski definition) is 1. The topological polar surface area (TPSA) is 55.0 Å². The Bertz CT molecular complexity index is 411. The first kappa shape index (κ1) is 11.2. The standard InChI is InChI=1S/C12H17ClN4/c13-10-4-15-7-16-12(10)17-5-8-2-1-3-11(14)9(8)6-17/h4,7-9,11H,1-3,5-6,14H2. The minimum atomic E-state index is 0.347. The van der Waals surface area contributed by atoms with Crippen LogP contribution in [0.2, 0.25) is 5.02 Å². The molecule has 0 aromatic carbocycles. The van der Waals surface area contributed by atoms with Crippen molar-refractivity contribution in [1.29, 1.82) is 0 Å². The van der Waals surface area contributed by atoms with Crippen LogP contribution < -0.4 is 10.6 Å². The second-order valence-corrected chi connectivity index (χ2v) is 5.53. The maximum atomic E-state index is 6.21. The van der Waals surface area contributed by atoms with Gasteiger partial charge in [-0.3, -0.25) is 0 Å². The lowest BCUT2D eigenvalue weighted by molar-refractivity contribution is 0.260. The van der Waals surface area contributed by atoms with E-state index in [4.69, 9.17) is 17.3 Å². The molecule has 0 amide bonds. The zero-order valence-corrected chi connectivity index (χ0v) is 10.5. The molecule has 0 bridgehead atoms. The first-order valence-electron chi connectivity index (χ1n) is 6.21. The molecule has 1 saturated carbocycles. The van der Waals surface area contributed by atoms with E-state index >= 15 is 0 Å². The first-order valence-corrected chi connectivity index (χ1v) is 6.59. The molecule has 3 rings (SSSR count). The SMILES string of the molecule is NC1CCCC2CN(c3ncncc3Cl)CC12. The molecule has 0 spiro atoms. The molecule has 2 aliphatic rings. The third-order valence-electron chi connectivity index (χ3n) is 4.10.